The van der Waals surface area contributed by atoms with Gasteiger partial charge in [-0.2, -0.15) is 0 Å². The standard InChI is InChI=1S/C8H12BNO2/c1-3-4-6(2)7(5-11)10-8(9)12/h3-4,7,11H,1,5H2,2H3,(H,10,12). The summed E-state index contributed by atoms with van der Waals surface area (Å²) in [5, 5.41) is 11.2. The highest BCUT2D eigenvalue weighted by molar-refractivity contribution is 6.57. The zero-order valence-corrected chi connectivity index (χ0v) is 7.08. The molecule has 2 N–H and O–H groups in total. The molecule has 1 atom stereocenters. The van der Waals surface area contributed by atoms with Crippen molar-refractivity contribution in [3.8, 4) is 0 Å². The van der Waals surface area contributed by atoms with Gasteiger partial charge in [0, 0.05) is 0 Å². The Bertz CT molecular complexity index is 201. The van der Waals surface area contributed by atoms with Crippen LogP contribution in [0.3, 0.4) is 0 Å². The molecule has 0 aliphatic carbocycles. The smallest absolute Gasteiger partial charge is 0.200 e. The Morgan fingerprint density at radius 3 is 2.75 bits per heavy atom. The molecular weight excluding hydrogens is 153 g/mol. The number of aliphatic hydroxyl groups is 1. The van der Waals surface area contributed by atoms with Gasteiger partial charge < -0.3 is 10.4 Å². The Kier molecular flexibility index (Phi) is 5.12. The molecule has 0 aromatic heterocycles. The fourth-order valence-corrected chi connectivity index (χ4v) is 0.777. The van der Waals surface area contributed by atoms with Gasteiger partial charge in [0.15, 0.2) is 5.81 Å². The van der Waals surface area contributed by atoms with Gasteiger partial charge in [0.05, 0.1) is 12.6 Å². The number of carbonyl (C=O) groups is 1. The van der Waals surface area contributed by atoms with Crippen LogP contribution in [-0.4, -0.2) is 31.4 Å². The number of hydrogen-bond donors (Lipinski definition) is 2. The number of nitrogens with one attached hydrogen (secondary N) is 1. The van der Waals surface area contributed by atoms with E-state index in [9.17, 15) is 4.79 Å². The first-order valence-electron chi connectivity index (χ1n) is 3.57. The molecule has 64 valence electrons. The Labute approximate surface area is 73.6 Å². The number of allylic oxidation sites excluding steroid dienone is 2. The highest BCUT2D eigenvalue weighted by Gasteiger charge is 2.08. The van der Waals surface area contributed by atoms with Crippen LogP contribution in [0.4, 0.5) is 4.79 Å². The molecule has 1 unspecified atom stereocenters. The van der Waals surface area contributed by atoms with Crippen molar-refractivity contribution in [1.82, 2.24) is 5.32 Å². The molecule has 0 heterocycles. The van der Waals surface area contributed by atoms with Crippen LogP contribution in [0, 0.1) is 0 Å². The van der Waals surface area contributed by atoms with Gasteiger partial charge in [0.25, 0.3) is 0 Å². The monoisotopic (exact) mass is 165 g/mol. The third kappa shape index (κ3) is 3.98. The summed E-state index contributed by atoms with van der Waals surface area (Å²) in [6.07, 6.45) is 3.29. The third-order valence-corrected chi connectivity index (χ3v) is 1.43. The minimum Gasteiger partial charge on any atom is -0.394 e. The summed E-state index contributed by atoms with van der Waals surface area (Å²) in [6, 6.07) is -0.416. The zero-order chi connectivity index (χ0) is 9.56. The largest absolute Gasteiger partial charge is 0.394 e. The number of rotatable bonds is 4. The van der Waals surface area contributed by atoms with E-state index in [-0.39, 0.29) is 6.61 Å². The lowest BCUT2D eigenvalue weighted by Gasteiger charge is -2.15. The first-order chi connectivity index (χ1) is 5.61. The maximum absolute atomic E-state index is 10.4. The van der Waals surface area contributed by atoms with E-state index in [1.54, 1.807) is 19.1 Å². The lowest BCUT2D eigenvalue weighted by atomic mass is 10.1. The van der Waals surface area contributed by atoms with Crippen LogP contribution in [0.25, 0.3) is 0 Å². The van der Waals surface area contributed by atoms with Crippen LogP contribution >= 0.6 is 0 Å². The van der Waals surface area contributed by atoms with Crippen molar-refractivity contribution < 1.29 is 9.90 Å². The topological polar surface area (TPSA) is 49.3 Å². The molecule has 0 saturated carbocycles. The van der Waals surface area contributed by atoms with Gasteiger partial charge >= 0.3 is 0 Å². The lowest BCUT2D eigenvalue weighted by Crippen LogP contribution is -2.37. The van der Waals surface area contributed by atoms with Crippen LogP contribution in [0.15, 0.2) is 24.3 Å². The van der Waals surface area contributed by atoms with Crippen LogP contribution in [0.2, 0.25) is 0 Å². The molecule has 1 amide bonds. The van der Waals surface area contributed by atoms with Crippen molar-refractivity contribution in [2.45, 2.75) is 13.0 Å². The SMILES string of the molecule is [B]C(=O)NC(CO)C(C)=CC=C. The summed E-state index contributed by atoms with van der Waals surface area (Å²) in [5.74, 6) is -0.647. The van der Waals surface area contributed by atoms with E-state index in [2.05, 4.69) is 11.9 Å². The molecule has 0 spiro atoms. The Hall–Kier alpha value is -1.03. The maximum atomic E-state index is 10.4. The average molecular weight is 165 g/mol. The van der Waals surface area contributed by atoms with E-state index >= 15 is 0 Å². The van der Waals surface area contributed by atoms with Crippen molar-refractivity contribution in [3.63, 3.8) is 0 Å². The Morgan fingerprint density at radius 2 is 2.42 bits per heavy atom. The third-order valence-electron chi connectivity index (χ3n) is 1.43. The fourth-order valence-electron chi connectivity index (χ4n) is 0.777. The van der Waals surface area contributed by atoms with Crippen molar-refractivity contribution in [3.05, 3.63) is 24.3 Å². The second-order valence-corrected chi connectivity index (χ2v) is 2.39. The van der Waals surface area contributed by atoms with E-state index in [0.29, 0.717) is 0 Å². The highest BCUT2D eigenvalue weighted by atomic mass is 16.3. The fraction of sp³-hybridized carbons (Fsp3) is 0.375. The van der Waals surface area contributed by atoms with Gasteiger partial charge in [-0.15, -0.1) is 0 Å². The van der Waals surface area contributed by atoms with Gasteiger partial charge in [-0.25, -0.2) is 0 Å². The molecule has 0 aromatic carbocycles. The second-order valence-electron chi connectivity index (χ2n) is 2.39. The predicted molar refractivity (Wildman–Crippen MR) is 49.1 cm³/mol. The average Bonchev–Trinajstić information content (AvgIpc) is 2.00. The Balaban J connectivity index is 4.23. The number of amides is 1. The molecule has 0 bridgehead atoms. The molecule has 0 rings (SSSR count). The minimum atomic E-state index is -0.647. The summed E-state index contributed by atoms with van der Waals surface area (Å²) >= 11 is 0. The molecule has 2 radical (unpaired) electrons. The van der Waals surface area contributed by atoms with Crippen LogP contribution < -0.4 is 5.32 Å². The van der Waals surface area contributed by atoms with Gasteiger partial charge in [-0.05, 0) is 12.5 Å². The summed E-state index contributed by atoms with van der Waals surface area (Å²) in [7, 11) is 4.89. The first kappa shape index (κ1) is 11.0. The van der Waals surface area contributed by atoms with Crippen LogP contribution in [0.1, 0.15) is 6.92 Å². The molecule has 0 fully saturated rings. The molecule has 0 aromatic rings. The molecule has 3 nitrogen and oxygen atoms in total. The van der Waals surface area contributed by atoms with Crippen LogP contribution in [-0.2, 0) is 0 Å². The van der Waals surface area contributed by atoms with Crippen molar-refractivity contribution >= 4 is 13.7 Å². The highest BCUT2D eigenvalue weighted by Crippen LogP contribution is 2.00. The molecule has 0 aliphatic heterocycles. The van der Waals surface area contributed by atoms with Gasteiger partial charge in [0.1, 0.15) is 0 Å². The lowest BCUT2D eigenvalue weighted by molar-refractivity contribution is 0.239. The molecule has 12 heavy (non-hydrogen) atoms. The normalized spacial score (nSPS) is 13.7. The van der Waals surface area contributed by atoms with Crippen molar-refractivity contribution in [1.29, 1.82) is 0 Å². The quantitative estimate of drug-likeness (QED) is 0.466. The summed E-state index contributed by atoms with van der Waals surface area (Å²) in [6.45, 7) is 5.10. The van der Waals surface area contributed by atoms with Crippen molar-refractivity contribution in [2.24, 2.45) is 0 Å². The first-order valence-corrected chi connectivity index (χ1v) is 3.57. The Morgan fingerprint density at radius 1 is 1.83 bits per heavy atom. The van der Waals surface area contributed by atoms with E-state index in [1.807, 2.05) is 0 Å². The minimum absolute atomic E-state index is 0.168. The van der Waals surface area contributed by atoms with E-state index in [1.165, 1.54) is 0 Å². The maximum Gasteiger partial charge on any atom is 0.200 e. The van der Waals surface area contributed by atoms with E-state index < -0.39 is 11.8 Å². The number of aliphatic hydroxyl groups excluding tert-OH is 1. The predicted octanol–water partition coefficient (Wildman–Crippen LogP) is 0.358. The second kappa shape index (κ2) is 5.60. The molecular formula is C8H12BNO2. The number of hydrogen-bond acceptors (Lipinski definition) is 2. The summed E-state index contributed by atoms with van der Waals surface area (Å²) in [5.41, 5.74) is 0.811. The molecule has 4 heteroatoms. The number of carbonyl (C=O) groups excluding carboxylic acids is 1. The zero-order valence-electron chi connectivity index (χ0n) is 7.08. The van der Waals surface area contributed by atoms with Gasteiger partial charge in [0.2, 0.25) is 7.85 Å². The summed E-state index contributed by atoms with van der Waals surface area (Å²) < 4.78 is 0. The van der Waals surface area contributed by atoms with Crippen LogP contribution in [0.5, 0.6) is 0 Å². The summed E-state index contributed by atoms with van der Waals surface area (Å²) in [4.78, 5) is 10.4. The van der Waals surface area contributed by atoms with E-state index in [4.69, 9.17) is 13.0 Å². The van der Waals surface area contributed by atoms with Gasteiger partial charge in [-0.3, -0.25) is 4.79 Å². The van der Waals surface area contributed by atoms with E-state index in [0.717, 1.165) is 5.57 Å². The molecule has 0 saturated heterocycles. The van der Waals surface area contributed by atoms with Crippen molar-refractivity contribution in [2.75, 3.05) is 6.61 Å². The van der Waals surface area contributed by atoms with Gasteiger partial charge in [-0.1, -0.05) is 18.7 Å². The molecule has 0 aliphatic rings.